The third-order valence-corrected chi connectivity index (χ3v) is 7.26. The Bertz CT molecular complexity index is 926. The Balaban J connectivity index is 1.90. The van der Waals surface area contributed by atoms with Gasteiger partial charge in [-0.3, -0.25) is 9.59 Å². The number of rotatable bonds is 8. The molecule has 2 N–H and O–H groups in total. The molecule has 0 aliphatic carbocycles. The first-order valence-electron chi connectivity index (χ1n) is 11.5. The monoisotopic (exact) mass is 480 g/mol. The number of nitrogens with one attached hydrogen (secondary N) is 2. The minimum atomic E-state index is -3.65. The lowest BCUT2D eigenvalue weighted by molar-refractivity contribution is -0.126. The predicted molar refractivity (Wildman–Crippen MR) is 130 cm³/mol. The van der Waals surface area contributed by atoms with Gasteiger partial charge in [-0.2, -0.15) is 0 Å². The van der Waals surface area contributed by atoms with Crippen molar-refractivity contribution in [2.24, 2.45) is 11.3 Å². The zero-order valence-corrected chi connectivity index (χ0v) is 21.9. The second-order valence-electron chi connectivity index (χ2n) is 11.1. The third kappa shape index (κ3) is 8.39. The lowest BCUT2D eigenvalue weighted by Gasteiger charge is -2.33. The number of piperidine rings is 1. The molecule has 186 valence electrons. The first-order valence-corrected chi connectivity index (χ1v) is 12.9. The summed E-state index contributed by atoms with van der Waals surface area (Å²) in [4.78, 5) is 29.5. The normalized spacial score (nSPS) is 16.2. The summed E-state index contributed by atoms with van der Waals surface area (Å²) in [5.74, 6) is -0.191. The standard InChI is InChI=1S/C24H40N4O4S/c1-23(2,3)26-33(31,32)20-10-8-19(9-11-20)22(30)28-14-12-18(13-15-28)21(29)25-16-24(4,5)17-27(6)7/h8-11,18,26H,12-17H2,1-7H3,(H,25,29). The molecule has 8 nitrogen and oxygen atoms in total. The van der Waals surface area contributed by atoms with Gasteiger partial charge >= 0.3 is 0 Å². The molecule has 1 aliphatic rings. The molecule has 1 aromatic carbocycles. The quantitative estimate of drug-likeness (QED) is 0.595. The fourth-order valence-corrected chi connectivity index (χ4v) is 5.57. The number of nitrogens with zero attached hydrogens (tertiary/aromatic N) is 2. The van der Waals surface area contributed by atoms with Gasteiger partial charge in [-0.1, -0.05) is 13.8 Å². The third-order valence-electron chi connectivity index (χ3n) is 5.49. The van der Waals surface area contributed by atoms with Crippen LogP contribution in [0.5, 0.6) is 0 Å². The van der Waals surface area contributed by atoms with E-state index in [1.165, 1.54) is 12.1 Å². The van der Waals surface area contributed by atoms with Crippen LogP contribution < -0.4 is 10.0 Å². The predicted octanol–water partition coefficient (Wildman–Crippen LogP) is 2.32. The number of carbonyl (C=O) groups excluding carboxylic acids is 2. The lowest BCUT2D eigenvalue weighted by atomic mass is 9.91. The molecular weight excluding hydrogens is 440 g/mol. The number of sulfonamides is 1. The van der Waals surface area contributed by atoms with Gasteiger partial charge in [-0.15, -0.1) is 0 Å². The molecular formula is C24H40N4O4S. The maximum atomic E-state index is 12.9. The van der Waals surface area contributed by atoms with Crippen LogP contribution in [0, 0.1) is 11.3 Å². The Hall–Kier alpha value is -1.97. The van der Waals surface area contributed by atoms with Crippen LogP contribution in [0.2, 0.25) is 0 Å². The zero-order valence-electron chi connectivity index (χ0n) is 21.1. The molecule has 0 spiro atoms. The summed E-state index contributed by atoms with van der Waals surface area (Å²) in [5, 5.41) is 3.08. The van der Waals surface area contributed by atoms with Gasteiger partial charge in [0.05, 0.1) is 4.90 Å². The molecule has 33 heavy (non-hydrogen) atoms. The number of carbonyl (C=O) groups is 2. The van der Waals surface area contributed by atoms with Gasteiger partial charge < -0.3 is 15.1 Å². The van der Waals surface area contributed by atoms with Crippen molar-refractivity contribution in [3.05, 3.63) is 29.8 Å². The average molecular weight is 481 g/mol. The van der Waals surface area contributed by atoms with Crippen LogP contribution in [0.3, 0.4) is 0 Å². The van der Waals surface area contributed by atoms with Crippen LogP contribution in [0.1, 0.15) is 57.8 Å². The molecule has 0 aromatic heterocycles. The van der Waals surface area contributed by atoms with Crippen LogP contribution in [-0.2, 0) is 14.8 Å². The van der Waals surface area contributed by atoms with Crippen LogP contribution in [-0.4, -0.2) is 75.8 Å². The van der Waals surface area contributed by atoms with Crippen LogP contribution in [0.4, 0.5) is 0 Å². The molecule has 1 saturated heterocycles. The Kier molecular flexibility index (Phi) is 8.70. The maximum Gasteiger partial charge on any atom is 0.253 e. The summed E-state index contributed by atoms with van der Waals surface area (Å²) in [6, 6.07) is 6.00. The first kappa shape index (κ1) is 27.3. The van der Waals surface area contributed by atoms with Crippen LogP contribution in [0.15, 0.2) is 29.2 Å². The molecule has 2 amide bonds. The van der Waals surface area contributed by atoms with E-state index >= 15 is 0 Å². The van der Waals surface area contributed by atoms with Crippen molar-refractivity contribution in [3.63, 3.8) is 0 Å². The molecule has 1 aliphatic heterocycles. The maximum absolute atomic E-state index is 12.9. The number of amides is 2. The molecule has 0 bridgehead atoms. The number of benzene rings is 1. The van der Waals surface area contributed by atoms with Crippen molar-refractivity contribution in [1.82, 2.24) is 19.8 Å². The van der Waals surface area contributed by atoms with Crippen molar-refractivity contribution in [1.29, 1.82) is 0 Å². The SMILES string of the molecule is CN(C)CC(C)(C)CNC(=O)C1CCN(C(=O)c2ccc(S(=O)(=O)NC(C)(C)C)cc2)CC1. The van der Waals surface area contributed by atoms with Gasteiger partial charge in [-0.25, -0.2) is 13.1 Å². The Labute approximate surface area is 199 Å². The van der Waals surface area contributed by atoms with E-state index in [2.05, 4.69) is 28.8 Å². The molecule has 0 atom stereocenters. The highest BCUT2D eigenvalue weighted by atomic mass is 32.2. The van der Waals surface area contributed by atoms with Gasteiger partial charge in [0.25, 0.3) is 5.91 Å². The Morgan fingerprint density at radius 2 is 1.58 bits per heavy atom. The second-order valence-corrected chi connectivity index (χ2v) is 12.7. The minimum Gasteiger partial charge on any atom is -0.355 e. The molecule has 1 heterocycles. The minimum absolute atomic E-state index is 0.0160. The van der Waals surface area contributed by atoms with E-state index in [1.54, 1.807) is 37.8 Å². The largest absolute Gasteiger partial charge is 0.355 e. The van der Waals surface area contributed by atoms with Crippen LogP contribution in [0.25, 0.3) is 0 Å². The molecule has 1 fully saturated rings. The number of hydrogen-bond donors (Lipinski definition) is 2. The van der Waals surface area contributed by atoms with E-state index in [0.29, 0.717) is 38.0 Å². The van der Waals surface area contributed by atoms with E-state index in [1.807, 2.05) is 14.1 Å². The topological polar surface area (TPSA) is 98.8 Å². The van der Waals surface area contributed by atoms with Gasteiger partial charge in [0.1, 0.15) is 0 Å². The summed E-state index contributed by atoms with van der Waals surface area (Å²) in [7, 11) is 0.392. The molecule has 9 heteroatoms. The van der Waals surface area contributed by atoms with Gasteiger partial charge in [0.2, 0.25) is 15.9 Å². The highest BCUT2D eigenvalue weighted by molar-refractivity contribution is 7.89. The molecule has 2 rings (SSSR count). The van der Waals surface area contributed by atoms with E-state index in [9.17, 15) is 18.0 Å². The number of likely N-dealkylation sites (tertiary alicyclic amines) is 1. The summed E-state index contributed by atoms with van der Waals surface area (Å²) in [6.07, 6.45) is 1.24. The zero-order chi connectivity index (χ0) is 25.0. The van der Waals surface area contributed by atoms with E-state index in [0.717, 1.165) is 6.54 Å². The first-order chi connectivity index (χ1) is 15.1. The highest BCUT2D eigenvalue weighted by Gasteiger charge is 2.29. The molecule has 0 saturated carbocycles. The summed E-state index contributed by atoms with van der Waals surface area (Å²) in [5.41, 5.74) is -0.165. The fourth-order valence-electron chi connectivity index (χ4n) is 4.15. The number of hydrogen-bond acceptors (Lipinski definition) is 5. The molecule has 1 aromatic rings. The fraction of sp³-hybridized carbons (Fsp3) is 0.667. The summed E-state index contributed by atoms with van der Waals surface area (Å²) in [6.45, 7) is 12.1. The Morgan fingerprint density at radius 3 is 2.06 bits per heavy atom. The summed E-state index contributed by atoms with van der Waals surface area (Å²) >= 11 is 0. The van der Waals surface area contributed by atoms with Gasteiger partial charge in [-0.05, 0) is 77.4 Å². The average Bonchev–Trinajstić information content (AvgIpc) is 2.69. The smallest absolute Gasteiger partial charge is 0.253 e. The van der Waals surface area contributed by atoms with E-state index in [4.69, 9.17) is 0 Å². The van der Waals surface area contributed by atoms with E-state index < -0.39 is 15.6 Å². The second kappa shape index (κ2) is 10.5. The van der Waals surface area contributed by atoms with Crippen molar-refractivity contribution in [2.45, 2.75) is 57.9 Å². The van der Waals surface area contributed by atoms with Crippen molar-refractivity contribution >= 4 is 21.8 Å². The van der Waals surface area contributed by atoms with E-state index in [-0.39, 0.29) is 28.0 Å². The summed E-state index contributed by atoms with van der Waals surface area (Å²) < 4.78 is 27.5. The lowest BCUT2D eigenvalue weighted by Crippen LogP contribution is -2.46. The van der Waals surface area contributed by atoms with Gasteiger partial charge in [0.15, 0.2) is 0 Å². The van der Waals surface area contributed by atoms with Crippen molar-refractivity contribution < 1.29 is 18.0 Å². The molecule has 0 radical (unpaired) electrons. The highest BCUT2D eigenvalue weighted by Crippen LogP contribution is 2.21. The molecule has 0 unspecified atom stereocenters. The Morgan fingerprint density at radius 1 is 1.03 bits per heavy atom. The van der Waals surface area contributed by atoms with Crippen molar-refractivity contribution in [3.8, 4) is 0 Å². The van der Waals surface area contributed by atoms with Gasteiger partial charge in [0, 0.05) is 43.2 Å². The van der Waals surface area contributed by atoms with Crippen molar-refractivity contribution in [2.75, 3.05) is 40.3 Å². The van der Waals surface area contributed by atoms with Crippen LogP contribution >= 0.6 is 0 Å².